The Balaban J connectivity index is 1.47. The number of piperazine rings is 1. The molecule has 3 aromatic rings. The van der Waals surface area contributed by atoms with Crippen LogP contribution in [-0.4, -0.2) is 70.4 Å². The zero-order valence-electron chi connectivity index (χ0n) is 19.1. The molecule has 1 saturated heterocycles. The van der Waals surface area contributed by atoms with Crippen LogP contribution in [0.25, 0.3) is 11.5 Å². The molecule has 2 aliphatic rings. The van der Waals surface area contributed by atoms with E-state index in [0.29, 0.717) is 35.3 Å². The van der Waals surface area contributed by atoms with Gasteiger partial charge in [0.15, 0.2) is 5.82 Å². The number of likely N-dealkylation sites (N-methyl/N-ethyl adjacent to an activating group) is 1. The van der Waals surface area contributed by atoms with Gasteiger partial charge in [-0.15, -0.1) is 10.2 Å². The zero-order chi connectivity index (χ0) is 22.8. The predicted molar refractivity (Wildman–Crippen MR) is 127 cm³/mol. The summed E-state index contributed by atoms with van der Waals surface area (Å²) in [6.45, 7) is 6.61. The topological polar surface area (TPSA) is 88.4 Å². The van der Waals surface area contributed by atoms with Crippen LogP contribution in [-0.2, 0) is 0 Å². The van der Waals surface area contributed by atoms with Gasteiger partial charge in [-0.25, -0.2) is 4.98 Å². The van der Waals surface area contributed by atoms with Gasteiger partial charge in [0, 0.05) is 44.0 Å². The summed E-state index contributed by atoms with van der Waals surface area (Å²) in [6, 6.07) is 11.6. The summed E-state index contributed by atoms with van der Waals surface area (Å²) in [5, 5.41) is 11.3. The largest absolute Gasteiger partial charge is 0.493 e. The summed E-state index contributed by atoms with van der Waals surface area (Å²) < 4.78 is 8.20. The molecule has 2 aromatic heterocycles. The highest BCUT2D eigenvalue weighted by molar-refractivity contribution is 6.06. The van der Waals surface area contributed by atoms with E-state index < -0.39 is 0 Å². The lowest BCUT2D eigenvalue weighted by Crippen LogP contribution is -2.44. The Labute approximate surface area is 193 Å². The van der Waals surface area contributed by atoms with E-state index >= 15 is 0 Å². The van der Waals surface area contributed by atoms with Crippen LogP contribution in [0.5, 0.6) is 5.75 Å². The van der Waals surface area contributed by atoms with Gasteiger partial charge in [0.2, 0.25) is 0 Å². The first-order chi connectivity index (χ1) is 16.1. The third-order valence-corrected chi connectivity index (χ3v) is 6.37. The molecule has 2 aliphatic heterocycles. The van der Waals surface area contributed by atoms with Gasteiger partial charge in [-0.05, 0) is 51.1 Å². The highest BCUT2D eigenvalue weighted by atomic mass is 16.5. The Morgan fingerprint density at radius 2 is 1.97 bits per heavy atom. The normalized spacial score (nSPS) is 19.6. The number of anilines is 2. The van der Waals surface area contributed by atoms with Crippen LogP contribution in [0.2, 0.25) is 0 Å². The average Bonchev–Trinajstić information content (AvgIpc) is 3.32. The molecule has 1 amide bonds. The number of carbonyl (C=O) groups is 1. The van der Waals surface area contributed by atoms with E-state index in [-0.39, 0.29) is 11.9 Å². The Hall–Kier alpha value is -3.46. The van der Waals surface area contributed by atoms with Crippen molar-refractivity contribution in [3.8, 4) is 17.3 Å². The van der Waals surface area contributed by atoms with Gasteiger partial charge in [0.1, 0.15) is 23.6 Å². The lowest BCUT2D eigenvalue weighted by molar-refractivity contribution is 0.102. The van der Waals surface area contributed by atoms with Gasteiger partial charge in [-0.3, -0.25) is 4.79 Å². The van der Waals surface area contributed by atoms with Crippen molar-refractivity contribution >= 4 is 17.4 Å². The molecular formula is C24H29N7O2. The first kappa shape index (κ1) is 21.4. The molecular weight excluding hydrogens is 418 g/mol. The molecule has 4 heterocycles. The van der Waals surface area contributed by atoms with E-state index in [1.165, 1.54) is 0 Å². The lowest BCUT2D eigenvalue weighted by Gasteiger charge is -2.34. The number of nitrogens with zero attached hydrogens (tertiary/aromatic N) is 6. The number of hydrogen-bond donors (Lipinski definition) is 1. The Morgan fingerprint density at radius 3 is 2.82 bits per heavy atom. The molecule has 2 bridgehead atoms. The summed E-state index contributed by atoms with van der Waals surface area (Å²) in [5.74, 6) is 1.51. The molecule has 0 aliphatic carbocycles. The first-order valence-electron chi connectivity index (χ1n) is 11.5. The van der Waals surface area contributed by atoms with E-state index in [2.05, 4.69) is 44.3 Å². The maximum Gasteiger partial charge on any atom is 0.260 e. The van der Waals surface area contributed by atoms with Gasteiger partial charge in [0.05, 0.1) is 12.2 Å². The average molecular weight is 448 g/mol. The van der Waals surface area contributed by atoms with Gasteiger partial charge >= 0.3 is 0 Å². The fraction of sp³-hybridized carbons (Fsp3) is 0.417. The smallest absolute Gasteiger partial charge is 0.260 e. The van der Waals surface area contributed by atoms with Crippen LogP contribution >= 0.6 is 0 Å². The van der Waals surface area contributed by atoms with Crippen LogP contribution in [0, 0.1) is 0 Å². The van der Waals surface area contributed by atoms with Crippen molar-refractivity contribution in [3.63, 3.8) is 0 Å². The van der Waals surface area contributed by atoms with Crippen LogP contribution in [0.15, 0.2) is 42.7 Å². The fourth-order valence-corrected chi connectivity index (χ4v) is 4.34. The number of rotatable bonds is 1. The molecule has 1 aromatic carbocycles. The van der Waals surface area contributed by atoms with Gasteiger partial charge < -0.3 is 24.4 Å². The summed E-state index contributed by atoms with van der Waals surface area (Å²) in [6.07, 6.45) is 3.47. The maximum atomic E-state index is 13.2. The number of fused-ring (bicyclic) bond motifs is 5. The molecule has 0 radical (unpaired) electrons. The molecule has 5 rings (SSSR count). The number of hydrogen-bond acceptors (Lipinski definition) is 7. The van der Waals surface area contributed by atoms with Crippen molar-refractivity contribution < 1.29 is 9.53 Å². The molecule has 9 heteroatoms. The molecule has 33 heavy (non-hydrogen) atoms. The maximum absolute atomic E-state index is 13.2. The van der Waals surface area contributed by atoms with E-state index in [1.54, 1.807) is 12.4 Å². The summed E-state index contributed by atoms with van der Waals surface area (Å²) in [4.78, 5) is 22.5. The van der Waals surface area contributed by atoms with Crippen molar-refractivity contribution in [2.75, 3.05) is 50.1 Å². The Kier molecular flexibility index (Phi) is 5.95. The molecule has 172 valence electrons. The number of nitrogens with one attached hydrogen (secondary N) is 1. The number of ether oxygens (including phenoxy) is 1. The van der Waals surface area contributed by atoms with Crippen LogP contribution < -0.4 is 15.0 Å². The predicted octanol–water partition coefficient (Wildman–Crippen LogP) is 3.08. The van der Waals surface area contributed by atoms with E-state index in [0.717, 1.165) is 44.7 Å². The molecule has 0 saturated carbocycles. The number of aromatic nitrogens is 4. The minimum Gasteiger partial charge on any atom is -0.493 e. The van der Waals surface area contributed by atoms with Crippen LogP contribution in [0.4, 0.5) is 11.5 Å². The highest BCUT2D eigenvalue weighted by Gasteiger charge is 2.21. The Bertz CT molecular complexity index is 1140. The summed E-state index contributed by atoms with van der Waals surface area (Å²) in [5.41, 5.74) is 2.27. The molecule has 0 unspecified atom stereocenters. The summed E-state index contributed by atoms with van der Waals surface area (Å²) >= 11 is 0. The molecule has 1 atom stereocenters. The second kappa shape index (κ2) is 9.19. The lowest BCUT2D eigenvalue weighted by atomic mass is 10.1. The quantitative estimate of drug-likeness (QED) is 0.613. The van der Waals surface area contributed by atoms with Crippen molar-refractivity contribution in [2.45, 2.75) is 25.8 Å². The van der Waals surface area contributed by atoms with E-state index in [4.69, 9.17) is 4.74 Å². The molecule has 1 fully saturated rings. The molecule has 0 spiro atoms. The standard InChI is InChI=1S/C24H29N7O2/c1-17-5-4-14-33-21-15-18(30-12-10-29(2)11-13-30)8-9-19(21)24(32)27-22-7-3-6-20(26-22)23-28-25-16-31(17)23/h3,6-9,15-17H,4-5,10-14H2,1-2H3,(H,26,27,32)/t17-/m0/s1. The van der Waals surface area contributed by atoms with E-state index in [9.17, 15) is 4.79 Å². The Morgan fingerprint density at radius 1 is 1.12 bits per heavy atom. The van der Waals surface area contributed by atoms with Crippen LogP contribution in [0.1, 0.15) is 36.2 Å². The first-order valence-corrected chi connectivity index (χ1v) is 11.5. The van der Waals surface area contributed by atoms with Crippen molar-refractivity contribution in [1.82, 2.24) is 24.6 Å². The third kappa shape index (κ3) is 4.54. The second-order valence-corrected chi connectivity index (χ2v) is 8.73. The van der Waals surface area contributed by atoms with Gasteiger partial charge in [0.25, 0.3) is 5.91 Å². The molecule has 9 nitrogen and oxygen atoms in total. The fourth-order valence-electron chi connectivity index (χ4n) is 4.34. The monoisotopic (exact) mass is 447 g/mol. The molecule has 1 N–H and O–H groups in total. The van der Waals surface area contributed by atoms with Gasteiger partial charge in [-0.1, -0.05) is 6.07 Å². The number of amides is 1. The number of carbonyl (C=O) groups excluding carboxylic acids is 1. The third-order valence-electron chi connectivity index (χ3n) is 6.37. The van der Waals surface area contributed by atoms with Gasteiger partial charge in [-0.2, -0.15) is 0 Å². The van der Waals surface area contributed by atoms with Crippen molar-refractivity contribution in [1.29, 1.82) is 0 Å². The SMILES string of the molecule is C[C@H]1CCCOc2cc(N3CCN(C)CC3)ccc2C(=O)Nc2cccc(n2)-c2nncn21. The van der Waals surface area contributed by atoms with Crippen molar-refractivity contribution in [3.05, 3.63) is 48.3 Å². The van der Waals surface area contributed by atoms with E-state index in [1.807, 2.05) is 34.9 Å². The minimum atomic E-state index is -0.244. The minimum absolute atomic E-state index is 0.192. The number of benzene rings is 1. The van der Waals surface area contributed by atoms with Crippen molar-refractivity contribution in [2.24, 2.45) is 0 Å². The van der Waals surface area contributed by atoms with Crippen LogP contribution in [0.3, 0.4) is 0 Å². The summed E-state index contributed by atoms with van der Waals surface area (Å²) in [7, 11) is 2.14. The number of pyridine rings is 1. The second-order valence-electron chi connectivity index (χ2n) is 8.73. The zero-order valence-corrected chi connectivity index (χ0v) is 19.1. The highest BCUT2D eigenvalue weighted by Crippen LogP contribution is 2.29.